The number of ether oxygens (including phenoxy) is 2. The van der Waals surface area contributed by atoms with E-state index in [0.717, 1.165) is 11.3 Å². The van der Waals surface area contributed by atoms with Gasteiger partial charge in [-0.2, -0.15) is 0 Å². The highest BCUT2D eigenvalue weighted by molar-refractivity contribution is 6.02. The fourth-order valence-corrected chi connectivity index (χ4v) is 1.52. The minimum atomic E-state index is 0.0424. The van der Waals surface area contributed by atoms with Crippen molar-refractivity contribution in [3.8, 4) is 11.5 Å². The lowest BCUT2D eigenvalue weighted by Crippen LogP contribution is -1.98. The number of Topliss-reactive ketones (excluding diaryl/α,β-unsaturated/α-hetero) is 1. The summed E-state index contributed by atoms with van der Waals surface area (Å²) in [6, 6.07) is 3.54. The number of methoxy groups -OCH3 is 1. The Hall–Kier alpha value is -1.51. The third-order valence-electron chi connectivity index (χ3n) is 2.22. The van der Waals surface area contributed by atoms with Gasteiger partial charge in [0.2, 0.25) is 5.78 Å². The van der Waals surface area contributed by atoms with Gasteiger partial charge in [-0.15, -0.1) is 0 Å². The Labute approximate surface area is 76.3 Å². The summed E-state index contributed by atoms with van der Waals surface area (Å²) in [6.07, 6.45) is 0. The van der Waals surface area contributed by atoms with E-state index < -0.39 is 0 Å². The molecule has 68 valence electrons. The van der Waals surface area contributed by atoms with Crippen LogP contribution in [0, 0.1) is 6.92 Å². The second-order valence-corrected chi connectivity index (χ2v) is 2.98. The summed E-state index contributed by atoms with van der Waals surface area (Å²) in [5.74, 6) is 1.47. The van der Waals surface area contributed by atoms with Crippen LogP contribution in [0.15, 0.2) is 12.1 Å². The first-order valence-electron chi connectivity index (χ1n) is 4.07. The molecule has 0 aromatic heterocycles. The minimum Gasteiger partial charge on any atom is -0.496 e. The van der Waals surface area contributed by atoms with Crippen molar-refractivity contribution < 1.29 is 14.3 Å². The minimum absolute atomic E-state index is 0.0424. The van der Waals surface area contributed by atoms with Crippen LogP contribution in [-0.4, -0.2) is 19.5 Å². The van der Waals surface area contributed by atoms with E-state index in [4.69, 9.17) is 9.47 Å². The molecular formula is C10H10O3. The standard InChI is InChI=1S/C10H10O3/c1-6-9(12-2)4-3-7-8(11)5-13-10(6)7/h3-4H,5H2,1-2H3. The Balaban J connectivity index is 2.60. The van der Waals surface area contributed by atoms with E-state index in [0.29, 0.717) is 11.3 Å². The summed E-state index contributed by atoms with van der Waals surface area (Å²) >= 11 is 0. The summed E-state index contributed by atoms with van der Waals surface area (Å²) in [7, 11) is 1.60. The first-order chi connectivity index (χ1) is 6.24. The maximum Gasteiger partial charge on any atom is 0.203 e. The molecule has 0 radical (unpaired) electrons. The predicted molar refractivity (Wildman–Crippen MR) is 47.6 cm³/mol. The first-order valence-corrected chi connectivity index (χ1v) is 4.07. The maximum atomic E-state index is 11.3. The van der Waals surface area contributed by atoms with Crippen LogP contribution < -0.4 is 9.47 Å². The van der Waals surface area contributed by atoms with Crippen LogP contribution in [0.1, 0.15) is 15.9 Å². The number of carbonyl (C=O) groups is 1. The average molecular weight is 178 g/mol. The number of benzene rings is 1. The maximum absolute atomic E-state index is 11.3. The Morgan fingerprint density at radius 2 is 2.23 bits per heavy atom. The van der Waals surface area contributed by atoms with Crippen LogP contribution in [0.25, 0.3) is 0 Å². The number of ketones is 1. The Morgan fingerprint density at radius 1 is 1.46 bits per heavy atom. The van der Waals surface area contributed by atoms with Crippen molar-refractivity contribution in [2.75, 3.05) is 13.7 Å². The average Bonchev–Trinajstić information content (AvgIpc) is 2.50. The van der Waals surface area contributed by atoms with E-state index in [1.807, 2.05) is 6.92 Å². The Kier molecular flexibility index (Phi) is 1.72. The quantitative estimate of drug-likeness (QED) is 0.655. The largest absolute Gasteiger partial charge is 0.496 e. The van der Waals surface area contributed by atoms with Crippen LogP contribution in [0.5, 0.6) is 11.5 Å². The van der Waals surface area contributed by atoms with Crippen molar-refractivity contribution in [2.45, 2.75) is 6.92 Å². The Bertz CT molecular complexity index is 369. The molecule has 1 heterocycles. The van der Waals surface area contributed by atoms with Crippen molar-refractivity contribution in [1.82, 2.24) is 0 Å². The van der Waals surface area contributed by atoms with Gasteiger partial charge in [-0.3, -0.25) is 4.79 Å². The molecule has 0 unspecified atom stereocenters. The molecule has 0 aliphatic carbocycles. The first kappa shape index (κ1) is 8.10. The zero-order chi connectivity index (χ0) is 9.42. The normalized spacial score (nSPS) is 13.8. The molecule has 2 rings (SSSR count). The van der Waals surface area contributed by atoms with Crippen molar-refractivity contribution in [2.24, 2.45) is 0 Å². The van der Waals surface area contributed by atoms with E-state index in [1.165, 1.54) is 0 Å². The fraction of sp³-hybridized carbons (Fsp3) is 0.300. The molecule has 0 N–H and O–H groups in total. The van der Waals surface area contributed by atoms with Gasteiger partial charge in [0.25, 0.3) is 0 Å². The molecule has 0 saturated heterocycles. The molecular weight excluding hydrogens is 168 g/mol. The molecule has 0 saturated carbocycles. The molecule has 1 aliphatic heterocycles. The van der Waals surface area contributed by atoms with E-state index in [2.05, 4.69) is 0 Å². The monoisotopic (exact) mass is 178 g/mol. The van der Waals surface area contributed by atoms with Gasteiger partial charge in [0.15, 0.2) is 6.61 Å². The summed E-state index contributed by atoms with van der Waals surface area (Å²) in [5.41, 5.74) is 1.56. The lowest BCUT2D eigenvalue weighted by Gasteiger charge is -2.07. The topological polar surface area (TPSA) is 35.5 Å². The number of fused-ring (bicyclic) bond motifs is 1. The third-order valence-corrected chi connectivity index (χ3v) is 2.22. The van der Waals surface area contributed by atoms with Crippen LogP contribution in [0.3, 0.4) is 0 Å². The van der Waals surface area contributed by atoms with Crippen LogP contribution in [-0.2, 0) is 0 Å². The number of rotatable bonds is 1. The van der Waals surface area contributed by atoms with Crippen molar-refractivity contribution >= 4 is 5.78 Å². The molecule has 0 amide bonds. The second kappa shape index (κ2) is 2.76. The van der Waals surface area contributed by atoms with E-state index >= 15 is 0 Å². The van der Waals surface area contributed by atoms with Gasteiger partial charge in [-0.25, -0.2) is 0 Å². The van der Waals surface area contributed by atoms with Crippen molar-refractivity contribution in [1.29, 1.82) is 0 Å². The molecule has 3 heteroatoms. The van der Waals surface area contributed by atoms with Gasteiger partial charge in [-0.1, -0.05) is 0 Å². The van der Waals surface area contributed by atoms with Gasteiger partial charge in [0.1, 0.15) is 11.5 Å². The lowest BCUT2D eigenvalue weighted by atomic mass is 10.1. The second-order valence-electron chi connectivity index (χ2n) is 2.98. The van der Waals surface area contributed by atoms with E-state index in [1.54, 1.807) is 19.2 Å². The summed E-state index contributed by atoms with van der Waals surface area (Å²) < 4.78 is 10.4. The van der Waals surface area contributed by atoms with Gasteiger partial charge in [-0.05, 0) is 19.1 Å². The highest BCUT2D eigenvalue weighted by Gasteiger charge is 2.24. The summed E-state index contributed by atoms with van der Waals surface area (Å²) in [6.45, 7) is 2.04. The Morgan fingerprint density at radius 3 is 2.92 bits per heavy atom. The van der Waals surface area contributed by atoms with Crippen molar-refractivity contribution in [3.05, 3.63) is 23.3 Å². The van der Waals surface area contributed by atoms with Crippen molar-refractivity contribution in [3.63, 3.8) is 0 Å². The van der Waals surface area contributed by atoms with E-state index in [-0.39, 0.29) is 12.4 Å². The highest BCUT2D eigenvalue weighted by Crippen LogP contribution is 2.34. The molecule has 0 fully saturated rings. The lowest BCUT2D eigenvalue weighted by molar-refractivity contribution is 0.0961. The van der Waals surface area contributed by atoms with Gasteiger partial charge >= 0.3 is 0 Å². The molecule has 13 heavy (non-hydrogen) atoms. The van der Waals surface area contributed by atoms with E-state index in [9.17, 15) is 4.79 Å². The molecule has 0 atom stereocenters. The molecule has 0 bridgehead atoms. The van der Waals surface area contributed by atoms with Gasteiger partial charge in [0.05, 0.1) is 12.7 Å². The van der Waals surface area contributed by atoms with Crippen LogP contribution in [0.4, 0.5) is 0 Å². The number of hydrogen-bond acceptors (Lipinski definition) is 3. The number of carbonyl (C=O) groups excluding carboxylic acids is 1. The highest BCUT2D eigenvalue weighted by atomic mass is 16.5. The summed E-state index contributed by atoms with van der Waals surface area (Å²) in [4.78, 5) is 11.3. The van der Waals surface area contributed by atoms with Crippen LogP contribution in [0.2, 0.25) is 0 Å². The molecule has 1 aromatic rings. The number of hydrogen-bond donors (Lipinski definition) is 0. The third kappa shape index (κ3) is 1.08. The molecule has 1 aliphatic rings. The SMILES string of the molecule is COc1ccc2c(c1C)OCC2=O. The predicted octanol–water partition coefficient (Wildman–Crippen LogP) is 1.58. The fourth-order valence-electron chi connectivity index (χ4n) is 1.52. The smallest absolute Gasteiger partial charge is 0.203 e. The zero-order valence-corrected chi connectivity index (χ0v) is 7.59. The van der Waals surface area contributed by atoms with Gasteiger partial charge < -0.3 is 9.47 Å². The van der Waals surface area contributed by atoms with Gasteiger partial charge in [0, 0.05) is 5.56 Å². The van der Waals surface area contributed by atoms with Crippen LogP contribution >= 0.6 is 0 Å². The zero-order valence-electron chi connectivity index (χ0n) is 7.59. The molecule has 3 nitrogen and oxygen atoms in total. The molecule has 0 spiro atoms. The summed E-state index contributed by atoms with van der Waals surface area (Å²) in [5, 5.41) is 0. The molecule has 1 aromatic carbocycles.